The summed E-state index contributed by atoms with van der Waals surface area (Å²) in [6.45, 7) is 0. The Bertz CT molecular complexity index is 1560. The monoisotopic (exact) mass is 547 g/mol. The lowest BCUT2D eigenvalue weighted by Crippen LogP contribution is -2.26. The second kappa shape index (κ2) is 11.7. The predicted molar refractivity (Wildman–Crippen MR) is 156 cm³/mol. The third kappa shape index (κ3) is 6.67. The standard InChI is InChI=1S/C29H31ClN6O3/c1-36(2)17-18-4-8-22(9-5-18)39-25-11-7-21(16-26(25)38-3)32-29-31-13-12-27(35-29)33-24-15-19-14-20(30)6-10-23(19)34-28(24)37/h6-7,10-18,22H,4-5,8-9H2,1-3H3,(H2-,31,32,33,34,35,37)/p+1. The molecule has 1 fully saturated rings. The molecule has 3 N–H and O–H groups in total. The van der Waals surface area contributed by atoms with Crippen molar-refractivity contribution in [3.63, 3.8) is 0 Å². The van der Waals surface area contributed by atoms with Gasteiger partial charge in [0.25, 0.3) is 5.56 Å². The van der Waals surface area contributed by atoms with Crippen LogP contribution in [0.4, 0.5) is 23.1 Å². The first-order valence-corrected chi connectivity index (χ1v) is 13.3. The molecular formula is C29H32ClN6O3+. The number of H-pyrrole nitrogens is 1. The van der Waals surface area contributed by atoms with Crippen LogP contribution in [0.5, 0.6) is 11.5 Å². The van der Waals surface area contributed by atoms with E-state index in [0.29, 0.717) is 39.7 Å². The van der Waals surface area contributed by atoms with Crippen LogP contribution in [0.25, 0.3) is 10.9 Å². The van der Waals surface area contributed by atoms with Crippen LogP contribution in [0, 0.1) is 5.92 Å². The lowest BCUT2D eigenvalue weighted by molar-refractivity contribution is -0.462. The summed E-state index contributed by atoms with van der Waals surface area (Å²) < 4.78 is 14.1. The Balaban J connectivity index is 1.26. The maximum Gasteiger partial charge on any atom is 0.272 e. The molecule has 0 aliphatic heterocycles. The fourth-order valence-electron chi connectivity index (χ4n) is 4.83. The molecule has 202 valence electrons. The van der Waals surface area contributed by atoms with Gasteiger partial charge in [0, 0.05) is 39.8 Å². The Morgan fingerprint density at radius 2 is 1.85 bits per heavy atom. The summed E-state index contributed by atoms with van der Waals surface area (Å²) in [6.07, 6.45) is 8.33. The van der Waals surface area contributed by atoms with Gasteiger partial charge in [-0.2, -0.15) is 4.98 Å². The highest BCUT2D eigenvalue weighted by Crippen LogP contribution is 2.35. The second-order valence-electron chi connectivity index (χ2n) is 9.89. The Kier molecular flexibility index (Phi) is 7.97. The number of anilines is 4. The van der Waals surface area contributed by atoms with Crippen LogP contribution in [0.2, 0.25) is 5.02 Å². The Hall–Kier alpha value is -4.11. The number of halogens is 1. The van der Waals surface area contributed by atoms with Gasteiger partial charge in [-0.3, -0.25) is 4.79 Å². The normalized spacial score (nSPS) is 16.9. The fraction of sp³-hybridized carbons (Fsp3) is 0.310. The number of aromatic nitrogens is 3. The molecule has 2 heterocycles. The van der Waals surface area contributed by atoms with E-state index in [1.807, 2.05) is 18.2 Å². The first-order chi connectivity index (χ1) is 18.9. The van der Waals surface area contributed by atoms with Gasteiger partial charge in [0.1, 0.15) is 31.8 Å². The summed E-state index contributed by atoms with van der Waals surface area (Å²) in [5, 5.41) is 7.68. The molecule has 2 aromatic carbocycles. The Morgan fingerprint density at radius 3 is 2.62 bits per heavy atom. The number of aromatic amines is 1. The van der Waals surface area contributed by atoms with Crippen molar-refractivity contribution in [2.75, 3.05) is 31.8 Å². The number of ether oxygens (including phenoxy) is 2. The molecule has 4 aromatic rings. The molecule has 10 heteroatoms. The number of hydrogen-bond acceptors (Lipinski definition) is 7. The number of methoxy groups -OCH3 is 1. The molecule has 5 rings (SSSR count). The Morgan fingerprint density at radius 1 is 1.03 bits per heavy atom. The van der Waals surface area contributed by atoms with Crippen LogP contribution in [-0.2, 0) is 0 Å². The van der Waals surface area contributed by atoms with Crippen LogP contribution in [-0.4, -0.2) is 53.1 Å². The van der Waals surface area contributed by atoms with Crippen molar-refractivity contribution in [2.45, 2.75) is 31.8 Å². The molecule has 9 nitrogen and oxygen atoms in total. The van der Waals surface area contributed by atoms with E-state index in [1.54, 1.807) is 43.6 Å². The molecule has 0 unspecified atom stereocenters. The third-order valence-electron chi connectivity index (χ3n) is 6.67. The summed E-state index contributed by atoms with van der Waals surface area (Å²) in [7, 11) is 5.77. The summed E-state index contributed by atoms with van der Waals surface area (Å²) >= 11 is 6.11. The molecule has 1 aliphatic rings. The minimum Gasteiger partial charge on any atom is -0.493 e. The van der Waals surface area contributed by atoms with Crippen molar-refractivity contribution in [1.82, 2.24) is 15.0 Å². The van der Waals surface area contributed by atoms with Gasteiger partial charge in [0.05, 0.1) is 13.2 Å². The molecule has 2 aromatic heterocycles. The van der Waals surface area contributed by atoms with E-state index in [-0.39, 0.29) is 11.7 Å². The zero-order valence-electron chi connectivity index (χ0n) is 22.2. The number of pyridine rings is 1. The van der Waals surface area contributed by atoms with Crippen LogP contribution >= 0.6 is 11.6 Å². The van der Waals surface area contributed by atoms with Gasteiger partial charge in [0.15, 0.2) is 11.5 Å². The van der Waals surface area contributed by atoms with E-state index in [2.05, 4.69) is 50.5 Å². The minimum atomic E-state index is -0.261. The van der Waals surface area contributed by atoms with Gasteiger partial charge in [-0.05, 0) is 68.1 Å². The van der Waals surface area contributed by atoms with Crippen molar-refractivity contribution in [2.24, 2.45) is 5.92 Å². The Labute approximate surface area is 231 Å². The van der Waals surface area contributed by atoms with E-state index < -0.39 is 0 Å². The summed E-state index contributed by atoms with van der Waals surface area (Å²) in [5.74, 6) is 2.80. The van der Waals surface area contributed by atoms with Gasteiger partial charge in [0.2, 0.25) is 5.95 Å². The molecular weight excluding hydrogens is 516 g/mol. The van der Waals surface area contributed by atoms with E-state index in [4.69, 9.17) is 21.1 Å². The first kappa shape index (κ1) is 26.5. The minimum absolute atomic E-state index is 0.171. The van der Waals surface area contributed by atoms with E-state index in [1.165, 1.54) is 0 Å². The molecule has 0 amide bonds. The molecule has 0 atom stereocenters. The SMILES string of the molecule is COc1cc(Nc2nccc(Nc3cc4cc(Cl)ccc4[nH]c3=O)n2)ccc1OC1CCC(C=[N+](C)C)CC1. The van der Waals surface area contributed by atoms with Gasteiger partial charge in [-0.25, -0.2) is 9.56 Å². The van der Waals surface area contributed by atoms with Crippen molar-refractivity contribution < 1.29 is 14.0 Å². The summed E-state index contributed by atoms with van der Waals surface area (Å²) in [5.41, 5.74) is 1.55. The zero-order chi connectivity index (χ0) is 27.4. The highest BCUT2D eigenvalue weighted by atomic mass is 35.5. The fourth-order valence-corrected chi connectivity index (χ4v) is 5.01. The van der Waals surface area contributed by atoms with Gasteiger partial charge >= 0.3 is 0 Å². The van der Waals surface area contributed by atoms with Crippen molar-refractivity contribution in [3.05, 3.63) is 70.1 Å². The number of nitrogens with zero attached hydrogens (tertiary/aromatic N) is 3. The van der Waals surface area contributed by atoms with E-state index in [0.717, 1.165) is 42.5 Å². The average Bonchev–Trinajstić information content (AvgIpc) is 2.91. The maximum atomic E-state index is 12.6. The summed E-state index contributed by atoms with van der Waals surface area (Å²) in [4.78, 5) is 24.2. The van der Waals surface area contributed by atoms with Crippen molar-refractivity contribution in [1.29, 1.82) is 0 Å². The lowest BCUT2D eigenvalue weighted by Gasteiger charge is -2.27. The van der Waals surface area contributed by atoms with Gasteiger partial charge < -0.3 is 25.1 Å². The molecule has 0 bridgehead atoms. The number of rotatable bonds is 8. The molecule has 0 radical (unpaired) electrons. The third-order valence-corrected chi connectivity index (χ3v) is 6.90. The second-order valence-corrected chi connectivity index (χ2v) is 10.3. The molecule has 0 spiro atoms. The number of hydrogen-bond donors (Lipinski definition) is 3. The predicted octanol–water partition coefficient (Wildman–Crippen LogP) is 5.75. The van der Waals surface area contributed by atoms with Crippen LogP contribution in [0.15, 0.2) is 59.5 Å². The van der Waals surface area contributed by atoms with Crippen molar-refractivity contribution in [3.8, 4) is 11.5 Å². The van der Waals surface area contributed by atoms with Crippen LogP contribution in [0.3, 0.4) is 0 Å². The zero-order valence-corrected chi connectivity index (χ0v) is 23.0. The van der Waals surface area contributed by atoms with Gasteiger partial charge in [-0.1, -0.05) is 11.6 Å². The number of fused-ring (bicyclic) bond motifs is 1. The number of nitrogens with one attached hydrogen (secondary N) is 3. The summed E-state index contributed by atoms with van der Waals surface area (Å²) in [6, 6.07) is 14.4. The van der Waals surface area contributed by atoms with Crippen molar-refractivity contribution >= 4 is 51.9 Å². The largest absolute Gasteiger partial charge is 0.493 e. The van der Waals surface area contributed by atoms with Gasteiger partial charge in [-0.15, -0.1) is 0 Å². The van der Waals surface area contributed by atoms with Crippen LogP contribution < -0.4 is 25.7 Å². The highest BCUT2D eigenvalue weighted by molar-refractivity contribution is 6.31. The molecule has 1 saturated carbocycles. The lowest BCUT2D eigenvalue weighted by atomic mass is 9.88. The smallest absolute Gasteiger partial charge is 0.272 e. The highest BCUT2D eigenvalue weighted by Gasteiger charge is 2.24. The molecule has 39 heavy (non-hydrogen) atoms. The molecule has 1 aliphatic carbocycles. The topological polar surface area (TPSA) is 104 Å². The van der Waals surface area contributed by atoms with Crippen LogP contribution in [0.1, 0.15) is 25.7 Å². The quantitative estimate of drug-likeness (QED) is 0.191. The number of benzene rings is 2. The average molecular weight is 548 g/mol. The first-order valence-electron chi connectivity index (χ1n) is 12.9. The molecule has 0 saturated heterocycles. The maximum absolute atomic E-state index is 12.6. The van der Waals surface area contributed by atoms with E-state index >= 15 is 0 Å². The van der Waals surface area contributed by atoms with E-state index in [9.17, 15) is 4.79 Å².